The zero-order chi connectivity index (χ0) is 65.2. The van der Waals surface area contributed by atoms with Gasteiger partial charge in [0.25, 0.3) is 0 Å². The fourth-order valence-corrected chi connectivity index (χ4v) is 17.3. The predicted octanol–water partition coefficient (Wildman–Crippen LogP) is 12.3. The maximum atomic E-state index is 18.1. The number of alkyl halides is 2. The van der Waals surface area contributed by atoms with Crippen molar-refractivity contribution in [3.63, 3.8) is 0 Å². The van der Waals surface area contributed by atoms with Crippen LogP contribution in [0.25, 0.3) is 65.9 Å². The maximum Gasteiger partial charge on any atom is 0.319 e. The van der Waals surface area contributed by atoms with E-state index in [1.807, 2.05) is 83.2 Å². The molecule has 1 unspecified atom stereocenters. The SMILES string of the molecule is CN1CC(=CC(=O)N2CC[C@@H](N(C)c3nc(OC[C@@]45CCCN4C[C@H](F)C5)nc4c(F)c(-c5cccc6c(C7CC[C@@]8(COc9nc(N(C)[C@@H]%10CCN(C(=O)C=C%11CCC%11)C%10)c%10cnc(-c%11cccc%12cccc(Cl)c%11%12)c(F)c%10n9)C[C@@H](F)CN78)ccc(Cl)c56)ncc34)C2)C1. The monoisotopic (exact) mass is 1330 g/mol. The third-order valence-corrected chi connectivity index (χ3v) is 22.5. The highest BCUT2D eigenvalue weighted by Crippen LogP contribution is 2.53. The number of hydrogen-bond donors (Lipinski definition) is 0. The summed E-state index contributed by atoms with van der Waals surface area (Å²) in [5.41, 5.74) is 2.71. The van der Waals surface area contributed by atoms with Crippen LogP contribution in [0.1, 0.15) is 82.2 Å². The van der Waals surface area contributed by atoms with E-state index in [1.54, 1.807) is 48.8 Å². The number of aromatic nitrogens is 6. The predicted molar refractivity (Wildman–Crippen MR) is 360 cm³/mol. The molecular weight excluding hydrogens is 1260 g/mol. The molecule has 8 aromatic rings. The van der Waals surface area contributed by atoms with Crippen molar-refractivity contribution in [2.75, 3.05) is 103 Å². The van der Waals surface area contributed by atoms with Gasteiger partial charge in [-0.05, 0) is 105 Å². The summed E-state index contributed by atoms with van der Waals surface area (Å²) >= 11 is 14.1. The lowest BCUT2D eigenvalue weighted by Crippen LogP contribution is -2.44. The van der Waals surface area contributed by atoms with E-state index in [4.69, 9.17) is 62.6 Å². The second-order valence-electron chi connectivity index (χ2n) is 27.7. The molecule has 4 aromatic heterocycles. The topological polar surface area (TPSA) is 153 Å². The van der Waals surface area contributed by atoms with Gasteiger partial charge in [-0.2, -0.15) is 19.9 Å². The number of hydrogen-bond acceptors (Lipinski definition) is 15. The first-order chi connectivity index (χ1) is 46.0. The van der Waals surface area contributed by atoms with Gasteiger partial charge in [0.05, 0.1) is 21.9 Å². The molecule has 2 amide bonds. The number of likely N-dealkylation sites (tertiary alicyclic amines) is 3. The summed E-state index contributed by atoms with van der Waals surface area (Å²) in [6, 6.07) is 19.6. The van der Waals surface area contributed by atoms with Crippen LogP contribution in [-0.2, 0) is 9.59 Å². The van der Waals surface area contributed by atoms with Crippen LogP contribution in [-0.4, -0.2) is 195 Å². The molecule has 1 saturated carbocycles. The van der Waals surface area contributed by atoms with Crippen molar-refractivity contribution in [2.45, 2.75) is 112 Å². The van der Waals surface area contributed by atoms with Gasteiger partial charge in [0.15, 0.2) is 11.6 Å². The molecule has 4 aromatic carbocycles. The second kappa shape index (κ2) is 24.4. The normalized spacial score (nSPS) is 25.3. The Morgan fingerprint density at radius 3 is 1.82 bits per heavy atom. The Bertz CT molecular complexity index is 4510. The molecule has 0 N–H and O–H groups in total. The molecule has 95 heavy (non-hydrogen) atoms. The number of fused-ring (bicyclic) bond motifs is 6. The number of likely N-dealkylation sites (N-methyl/N-ethyl adjacent to an activating group) is 3. The van der Waals surface area contributed by atoms with E-state index in [2.05, 4.69) is 14.7 Å². The molecule has 23 heteroatoms. The lowest BCUT2D eigenvalue weighted by atomic mass is 9.92. The van der Waals surface area contributed by atoms with Crippen molar-refractivity contribution in [2.24, 2.45) is 0 Å². The molecule has 7 aliphatic heterocycles. The highest BCUT2D eigenvalue weighted by Gasteiger charge is 2.55. The van der Waals surface area contributed by atoms with E-state index in [0.717, 1.165) is 79.2 Å². The fraction of sp³-hybridized carbons (Fsp3) is 0.444. The van der Waals surface area contributed by atoms with Gasteiger partial charge in [-0.3, -0.25) is 34.3 Å². The van der Waals surface area contributed by atoms with E-state index >= 15 is 17.6 Å². The molecule has 8 fully saturated rings. The summed E-state index contributed by atoms with van der Waals surface area (Å²) < 4.78 is 80.4. The Labute approximate surface area is 557 Å². The Hall–Kier alpha value is -7.82. The van der Waals surface area contributed by atoms with Crippen molar-refractivity contribution in [1.82, 2.24) is 54.4 Å². The van der Waals surface area contributed by atoms with Crippen molar-refractivity contribution in [3.05, 3.63) is 130 Å². The third-order valence-electron chi connectivity index (χ3n) is 21.9. The van der Waals surface area contributed by atoms with Gasteiger partial charge >= 0.3 is 12.0 Å². The minimum atomic E-state index is -1.21. The number of pyridine rings is 2. The van der Waals surface area contributed by atoms with Crippen LogP contribution in [0.4, 0.5) is 29.2 Å². The van der Waals surface area contributed by atoms with Crippen LogP contribution in [0.5, 0.6) is 12.0 Å². The molecule has 0 bridgehead atoms. The van der Waals surface area contributed by atoms with Gasteiger partial charge in [-0.25, -0.2) is 17.6 Å². The van der Waals surface area contributed by atoms with Gasteiger partial charge in [0.1, 0.15) is 59.6 Å². The molecule has 17 nitrogen and oxygen atoms in total. The molecule has 16 rings (SSSR count). The molecule has 11 heterocycles. The van der Waals surface area contributed by atoms with Gasteiger partial charge in [0.2, 0.25) is 11.8 Å². The average Bonchev–Trinajstić information content (AvgIpc) is 1.73. The second-order valence-corrected chi connectivity index (χ2v) is 28.5. The third kappa shape index (κ3) is 10.9. The smallest absolute Gasteiger partial charge is 0.319 e. The Kier molecular flexibility index (Phi) is 15.9. The van der Waals surface area contributed by atoms with E-state index in [1.165, 1.54) is 0 Å². The number of carbonyl (C=O) groups is 2. The number of benzene rings is 4. The lowest BCUT2D eigenvalue weighted by molar-refractivity contribution is -0.125. The summed E-state index contributed by atoms with van der Waals surface area (Å²) in [5.74, 6) is -0.673. The van der Waals surface area contributed by atoms with Crippen LogP contribution < -0.4 is 19.3 Å². The van der Waals surface area contributed by atoms with Gasteiger partial charge < -0.3 is 29.1 Å². The quantitative estimate of drug-likeness (QED) is 0.0706. The fourth-order valence-electron chi connectivity index (χ4n) is 16.8. The summed E-state index contributed by atoms with van der Waals surface area (Å²) in [5, 5.41) is 4.27. The van der Waals surface area contributed by atoms with Crippen LogP contribution in [0.3, 0.4) is 0 Å². The van der Waals surface area contributed by atoms with E-state index in [9.17, 15) is 9.59 Å². The van der Waals surface area contributed by atoms with Crippen molar-refractivity contribution in [1.29, 1.82) is 0 Å². The minimum absolute atomic E-state index is 0.00413. The van der Waals surface area contributed by atoms with Crippen molar-refractivity contribution < 1.29 is 36.6 Å². The molecule has 0 radical (unpaired) electrons. The maximum absolute atomic E-state index is 18.1. The lowest BCUT2D eigenvalue weighted by Gasteiger charge is -2.35. The van der Waals surface area contributed by atoms with Crippen LogP contribution in [0.2, 0.25) is 10.0 Å². The van der Waals surface area contributed by atoms with Crippen LogP contribution >= 0.6 is 23.2 Å². The minimum Gasteiger partial charge on any atom is -0.461 e. The molecule has 492 valence electrons. The molecule has 0 spiro atoms. The van der Waals surface area contributed by atoms with Crippen molar-refractivity contribution >= 4 is 90.0 Å². The van der Waals surface area contributed by atoms with E-state index < -0.39 is 35.1 Å². The molecular formula is C72H73Cl2F4N13O4. The highest BCUT2D eigenvalue weighted by atomic mass is 35.5. The number of halogens is 6. The standard InChI is InChI=1S/C72H73Cl2F4N13O4/c1-85-33-42(34-85)28-58(93)89-26-21-47(38-89)87(3)67-53-32-80-64(62(78)66(53)81-69(83-67)94-39-71-22-8-24-90(71)35-44(75)29-71)51-15-7-13-49-48(17-18-55(74)60(49)51)56-19-23-72(30-45(76)36-91(56)72)40-95-70-82-65-52(31-79-63(61(65)77)50-14-5-11-43-12-6-16-54(73)59(43)50)68(84-70)86(2)46-20-25-88(37-46)57(92)27-41-9-4-10-41/h5-7,11-18,27-28,31-32,44-47,56H,4,8-10,19-26,29-30,33-40H2,1-3H3/t44-,45-,46-,47-,56?,71+,72+/m1/s1. The van der Waals surface area contributed by atoms with E-state index in [0.29, 0.717) is 119 Å². The first-order valence-electron chi connectivity index (χ1n) is 33.3. The highest BCUT2D eigenvalue weighted by molar-refractivity contribution is 6.37. The summed E-state index contributed by atoms with van der Waals surface area (Å²) in [6.45, 7) is 4.82. The first kappa shape index (κ1) is 62.0. The first-order valence-corrected chi connectivity index (χ1v) is 34.0. The summed E-state index contributed by atoms with van der Waals surface area (Å²) in [7, 11) is 5.78. The summed E-state index contributed by atoms with van der Waals surface area (Å²) in [6.07, 6.45) is 12.1. The van der Waals surface area contributed by atoms with Crippen LogP contribution in [0, 0.1) is 11.6 Å². The van der Waals surface area contributed by atoms with E-state index in [-0.39, 0.29) is 90.6 Å². The molecule has 8 aliphatic rings. The van der Waals surface area contributed by atoms with Crippen molar-refractivity contribution in [3.8, 4) is 34.5 Å². The number of allylic oxidation sites excluding steroid dienone is 1. The van der Waals surface area contributed by atoms with Gasteiger partial charge in [-0.1, -0.05) is 83.4 Å². The molecule has 1 aliphatic carbocycles. The zero-order valence-electron chi connectivity index (χ0n) is 53.3. The number of rotatable bonds is 15. The molecule has 7 atom stereocenters. The summed E-state index contributed by atoms with van der Waals surface area (Å²) in [4.78, 5) is 70.1. The Balaban J connectivity index is 0.719. The number of amides is 2. The number of ether oxygens (including phenoxy) is 2. The van der Waals surface area contributed by atoms with Gasteiger partial charge in [0, 0.05) is 154 Å². The van der Waals surface area contributed by atoms with Crippen LogP contribution in [0.15, 0.2) is 102 Å². The average molecular weight is 1330 g/mol. The Morgan fingerprint density at radius 2 is 1.20 bits per heavy atom. The van der Waals surface area contributed by atoms with Gasteiger partial charge in [-0.15, -0.1) is 0 Å². The number of nitrogens with zero attached hydrogens (tertiary/aromatic N) is 13. The zero-order valence-corrected chi connectivity index (χ0v) is 54.8. The Morgan fingerprint density at radius 1 is 0.632 bits per heavy atom. The molecule has 7 saturated heterocycles. The number of anilines is 2. The number of carbonyl (C=O) groups excluding carboxylic acids is 2. The largest absolute Gasteiger partial charge is 0.461 e.